The van der Waals surface area contributed by atoms with Crippen LogP contribution in [0.4, 0.5) is 5.69 Å². The molecule has 142 valence electrons. The van der Waals surface area contributed by atoms with Crippen LogP contribution < -0.4 is 4.90 Å². The van der Waals surface area contributed by atoms with Crippen LogP contribution in [0.25, 0.3) is 0 Å². The Bertz CT molecular complexity index is 1020. The fourth-order valence-corrected chi connectivity index (χ4v) is 6.99. The van der Waals surface area contributed by atoms with Crippen LogP contribution in [0.1, 0.15) is 16.7 Å². The molecule has 2 atom stereocenters. The van der Waals surface area contributed by atoms with Gasteiger partial charge in [-0.25, -0.2) is 8.42 Å². The highest BCUT2D eigenvalue weighted by molar-refractivity contribution is 8.13. The van der Waals surface area contributed by atoms with E-state index < -0.39 is 9.84 Å². The lowest BCUT2D eigenvalue weighted by Crippen LogP contribution is -2.39. The lowest BCUT2D eigenvalue weighted by Gasteiger charge is -2.28. The van der Waals surface area contributed by atoms with E-state index in [0.29, 0.717) is 5.75 Å². The minimum absolute atomic E-state index is 0.120. The smallest absolute Gasteiger partial charge is 0.164 e. The van der Waals surface area contributed by atoms with Crippen molar-refractivity contribution in [2.24, 2.45) is 4.99 Å². The number of anilines is 1. The van der Waals surface area contributed by atoms with Crippen LogP contribution in [0, 0.1) is 13.8 Å². The Morgan fingerprint density at radius 2 is 1.96 bits per heavy atom. The van der Waals surface area contributed by atoms with Gasteiger partial charge in [-0.05, 0) is 37.1 Å². The molecule has 0 bridgehead atoms. The van der Waals surface area contributed by atoms with Gasteiger partial charge in [0.2, 0.25) is 0 Å². The maximum Gasteiger partial charge on any atom is 0.164 e. The highest BCUT2D eigenvalue weighted by Crippen LogP contribution is 2.37. The Morgan fingerprint density at radius 1 is 1.19 bits per heavy atom. The molecule has 7 heteroatoms. The predicted molar refractivity (Wildman–Crippen MR) is 115 cm³/mol. The van der Waals surface area contributed by atoms with Gasteiger partial charge < -0.3 is 4.90 Å². The third-order valence-electron chi connectivity index (χ3n) is 5.03. The summed E-state index contributed by atoms with van der Waals surface area (Å²) in [6.07, 6.45) is 0. The summed E-state index contributed by atoms with van der Waals surface area (Å²) >= 11 is 7.91. The molecular formula is C20H21ClN2O2S2. The molecule has 0 saturated carbocycles. The second-order valence-corrected chi connectivity index (χ2v) is 10.7. The van der Waals surface area contributed by atoms with Gasteiger partial charge in [-0.2, -0.15) is 0 Å². The van der Waals surface area contributed by atoms with E-state index in [1.54, 1.807) is 11.8 Å². The SMILES string of the molecule is Cc1ccc(N2C(SCc3ccccc3Cl)=N[C@@H]3CS(=O)(=O)C[C@H]32)c(C)c1. The number of halogens is 1. The molecule has 0 aromatic heterocycles. The fraction of sp³-hybridized carbons (Fsp3) is 0.350. The Labute approximate surface area is 169 Å². The number of fused-ring (bicyclic) bond motifs is 1. The highest BCUT2D eigenvalue weighted by atomic mass is 35.5. The van der Waals surface area contributed by atoms with Crippen LogP contribution in [0.2, 0.25) is 5.02 Å². The molecule has 0 spiro atoms. The van der Waals surface area contributed by atoms with E-state index in [1.165, 1.54) is 5.56 Å². The maximum atomic E-state index is 12.2. The first-order valence-electron chi connectivity index (χ1n) is 8.85. The standard InChI is InChI=1S/C20H21ClN2O2S2/c1-13-7-8-18(14(2)9-13)23-19-12-27(24,25)11-17(19)22-20(23)26-10-15-5-3-4-6-16(15)21/h3-9,17,19H,10-12H2,1-2H3/t17-,19-/m1/s1. The molecule has 27 heavy (non-hydrogen) atoms. The summed E-state index contributed by atoms with van der Waals surface area (Å²) in [7, 11) is -3.04. The van der Waals surface area contributed by atoms with Crippen LogP contribution in [-0.2, 0) is 15.6 Å². The zero-order chi connectivity index (χ0) is 19.2. The van der Waals surface area contributed by atoms with Crippen LogP contribution in [-0.4, -0.2) is 37.2 Å². The van der Waals surface area contributed by atoms with E-state index >= 15 is 0 Å². The molecule has 2 heterocycles. The van der Waals surface area contributed by atoms with Crippen molar-refractivity contribution in [3.05, 3.63) is 64.2 Å². The van der Waals surface area contributed by atoms with Crippen molar-refractivity contribution in [1.82, 2.24) is 0 Å². The third-order valence-corrected chi connectivity index (χ3v) is 8.12. The van der Waals surface area contributed by atoms with Gasteiger partial charge in [-0.1, -0.05) is 59.3 Å². The van der Waals surface area contributed by atoms with Gasteiger partial charge in [0.15, 0.2) is 15.0 Å². The molecule has 4 rings (SSSR count). The summed E-state index contributed by atoms with van der Waals surface area (Å²) in [5.74, 6) is 0.992. The molecule has 1 saturated heterocycles. The molecule has 2 aliphatic rings. The lowest BCUT2D eigenvalue weighted by atomic mass is 10.1. The first-order chi connectivity index (χ1) is 12.8. The largest absolute Gasteiger partial charge is 0.315 e. The van der Waals surface area contributed by atoms with E-state index in [2.05, 4.69) is 36.9 Å². The quantitative estimate of drug-likeness (QED) is 0.745. The summed E-state index contributed by atoms with van der Waals surface area (Å²) in [5, 5.41) is 1.62. The second kappa shape index (κ2) is 7.15. The molecule has 2 aromatic carbocycles. The van der Waals surface area contributed by atoms with Crippen molar-refractivity contribution < 1.29 is 8.42 Å². The molecule has 2 aromatic rings. The molecule has 0 N–H and O–H groups in total. The number of aryl methyl sites for hydroxylation is 2. The number of hydrogen-bond acceptors (Lipinski definition) is 5. The number of rotatable bonds is 3. The minimum atomic E-state index is -3.04. The Morgan fingerprint density at radius 3 is 2.70 bits per heavy atom. The van der Waals surface area contributed by atoms with Crippen molar-refractivity contribution in [1.29, 1.82) is 0 Å². The summed E-state index contributed by atoms with van der Waals surface area (Å²) in [4.78, 5) is 6.93. The van der Waals surface area contributed by atoms with Crippen molar-refractivity contribution >= 4 is 44.1 Å². The van der Waals surface area contributed by atoms with E-state index in [0.717, 1.165) is 27.0 Å². The van der Waals surface area contributed by atoms with Crippen molar-refractivity contribution in [2.75, 3.05) is 16.4 Å². The van der Waals surface area contributed by atoms with Crippen molar-refractivity contribution in [2.45, 2.75) is 31.7 Å². The first kappa shape index (κ1) is 18.8. The summed E-state index contributed by atoms with van der Waals surface area (Å²) < 4.78 is 24.3. The number of hydrogen-bond donors (Lipinski definition) is 0. The van der Waals surface area contributed by atoms with E-state index in [-0.39, 0.29) is 23.6 Å². The van der Waals surface area contributed by atoms with Gasteiger partial charge in [-0.15, -0.1) is 0 Å². The number of sulfone groups is 1. The van der Waals surface area contributed by atoms with Gasteiger partial charge in [0.25, 0.3) is 0 Å². The number of nitrogens with zero attached hydrogens (tertiary/aromatic N) is 2. The molecule has 0 radical (unpaired) electrons. The van der Waals surface area contributed by atoms with Crippen LogP contribution in [0.5, 0.6) is 0 Å². The van der Waals surface area contributed by atoms with Gasteiger partial charge in [0.1, 0.15) is 0 Å². The Hall–Kier alpha value is -1.50. The van der Waals surface area contributed by atoms with Crippen molar-refractivity contribution in [3.8, 4) is 0 Å². The Kier molecular flexibility index (Phi) is 4.99. The van der Waals surface area contributed by atoms with Gasteiger partial charge in [0.05, 0.1) is 23.6 Å². The zero-order valence-electron chi connectivity index (χ0n) is 15.2. The van der Waals surface area contributed by atoms with Crippen LogP contribution in [0.15, 0.2) is 47.5 Å². The van der Waals surface area contributed by atoms with E-state index in [1.807, 2.05) is 24.3 Å². The normalized spacial score (nSPS) is 23.4. The maximum absolute atomic E-state index is 12.2. The summed E-state index contributed by atoms with van der Waals surface area (Å²) in [6.45, 7) is 4.13. The van der Waals surface area contributed by atoms with Crippen LogP contribution in [0.3, 0.4) is 0 Å². The van der Waals surface area contributed by atoms with Gasteiger partial charge in [-0.3, -0.25) is 4.99 Å². The first-order valence-corrected chi connectivity index (χ1v) is 12.0. The number of aliphatic imine (C=N–C) groups is 1. The summed E-state index contributed by atoms with van der Waals surface area (Å²) in [5.41, 5.74) is 4.41. The second-order valence-electron chi connectivity index (χ2n) is 7.16. The van der Waals surface area contributed by atoms with E-state index in [4.69, 9.17) is 16.6 Å². The molecular weight excluding hydrogens is 400 g/mol. The number of thioether (sulfide) groups is 1. The fourth-order valence-electron chi connectivity index (χ4n) is 3.75. The monoisotopic (exact) mass is 420 g/mol. The van der Waals surface area contributed by atoms with Crippen molar-refractivity contribution in [3.63, 3.8) is 0 Å². The molecule has 0 aliphatic carbocycles. The topological polar surface area (TPSA) is 49.7 Å². The summed E-state index contributed by atoms with van der Waals surface area (Å²) in [6, 6.07) is 13.7. The van der Waals surface area contributed by atoms with Gasteiger partial charge in [0, 0.05) is 16.5 Å². The minimum Gasteiger partial charge on any atom is -0.315 e. The Balaban J connectivity index is 1.66. The molecule has 2 aliphatic heterocycles. The number of benzene rings is 2. The molecule has 1 fully saturated rings. The number of amidine groups is 1. The average molecular weight is 421 g/mol. The molecule has 4 nitrogen and oxygen atoms in total. The van der Waals surface area contributed by atoms with Crippen LogP contribution >= 0.6 is 23.4 Å². The third kappa shape index (κ3) is 3.75. The average Bonchev–Trinajstić information content (AvgIpc) is 3.06. The molecule has 0 unspecified atom stereocenters. The zero-order valence-corrected chi connectivity index (χ0v) is 17.6. The van der Waals surface area contributed by atoms with Gasteiger partial charge >= 0.3 is 0 Å². The predicted octanol–water partition coefficient (Wildman–Crippen LogP) is 4.23. The van der Waals surface area contributed by atoms with E-state index in [9.17, 15) is 8.42 Å². The molecule has 0 amide bonds. The lowest BCUT2D eigenvalue weighted by molar-refractivity contribution is 0.601. The highest BCUT2D eigenvalue weighted by Gasteiger charge is 2.47.